The number of halogens is 1. The molecule has 0 atom stereocenters. The van der Waals surface area contributed by atoms with E-state index in [0.29, 0.717) is 11.4 Å². The second kappa shape index (κ2) is 5.32. The molecule has 1 amide bonds. The van der Waals surface area contributed by atoms with Crippen LogP contribution < -0.4 is 5.32 Å². The van der Waals surface area contributed by atoms with E-state index in [9.17, 15) is 9.18 Å². The zero-order chi connectivity index (χ0) is 14.8. The van der Waals surface area contributed by atoms with Gasteiger partial charge < -0.3 is 5.32 Å². The van der Waals surface area contributed by atoms with Crippen LogP contribution in [0.3, 0.4) is 0 Å². The molecule has 0 saturated carbocycles. The predicted molar refractivity (Wildman–Crippen MR) is 80.2 cm³/mol. The molecule has 2 aromatic rings. The Hall–Kier alpha value is -2.75. The molecular weight excluding hydrogens is 267 g/mol. The normalized spacial score (nSPS) is 16.0. The number of hydrogen-bond donors (Lipinski definition) is 1. The van der Waals surface area contributed by atoms with Crippen molar-refractivity contribution in [2.45, 2.75) is 6.92 Å². The standard InChI is InChI=1S/C17H13FN2O/c1-11-6-2-4-8-13(11)16-19-15(17(21)20-16)10-12-7-3-5-9-14(12)18/h2-10H,1H3,(H,19,20,21)/b15-10-. The van der Waals surface area contributed by atoms with Gasteiger partial charge in [0.25, 0.3) is 5.91 Å². The molecule has 3 nitrogen and oxygen atoms in total. The van der Waals surface area contributed by atoms with Gasteiger partial charge in [-0.25, -0.2) is 9.38 Å². The van der Waals surface area contributed by atoms with Crippen LogP contribution in [0.4, 0.5) is 4.39 Å². The Morgan fingerprint density at radius 3 is 2.57 bits per heavy atom. The van der Waals surface area contributed by atoms with Gasteiger partial charge in [-0.1, -0.05) is 42.5 Å². The Morgan fingerprint density at radius 2 is 1.81 bits per heavy atom. The number of amidine groups is 1. The van der Waals surface area contributed by atoms with E-state index in [2.05, 4.69) is 10.3 Å². The number of amides is 1. The molecule has 0 spiro atoms. The van der Waals surface area contributed by atoms with Crippen LogP contribution in [-0.4, -0.2) is 11.7 Å². The molecule has 21 heavy (non-hydrogen) atoms. The zero-order valence-electron chi connectivity index (χ0n) is 11.4. The number of nitrogens with one attached hydrogen (secondary N) is 1. The molecule has 0 unspecified atom stereocenters. The average molecular weight is 280 g/mol. The maximum absolute atomic E-state index is 13.6. The summed E-state index contributed by atoms with van der Waals surface area (Å²) < 4.78 is 13.6. The summed E-state index contributed by atoms with van der Waals surface area (Å²) in [5.41, 5.74) is 2.43. The highest BCUT2D eigenvalue weighted by molar-refractivity contribution is 6.20. The summed E-state index contributed by atoms with van der Waals surface area (Å²) in [6.45, 7) is 1.95. The van der Waals surface area contributed by atoms with E-state index < -0.39 is 0 Å². The predicted octanol–water partition coefficient (Wildman–Crippen LogP) is 3.05. The molecule has 0 saturated heterocycles. The Bertz CT molecular complexity index is 778. The van der Waals surface area contributed by atoms with Crippen molar-refractivity contribution in [3.63, 3.8) is 0 Å². The van der Waals surface area contributed by atoms with Crippen LogP contribution >= 0.6 is 0 Å². The molecule has 1 heterocycles. The minimum Gasteiger partial charge on any atom is -0.305 e. The molecule has 0 aliphatic carbocycles. The molecule has 4 heteroatoms. The number of carbonyl (C=O) groups excluding carboxylic acids is 1. The van der Waals surface area contributed by atoms with E-state index in [1.54, 1.807) is 18.2 Å². The summed E-state index contributed by atoms with van der Waals surface area (Å²) >= 11 is 0. The lowest BCUT2D eigenvalue weighted by molar-refractivity contribution is -0.115. The lowest BCUT2D eigenvalue weighted by atomic mass is 10.1. The summed E-state index contributed by atoms with van der Waals surface area (Å²) in [6.07, 6.45) is 1.45. The molecule has 104 valence electrons. The smallest absolute Gasteiger partial charge is 0.275 e. The third-order valence-electron chi connectivity index (χ3n) is 3.29. The largest absolute Gasteiger partial charge is 0.305 e. The number of carbonyl (C=O) groups is 1. The molecule has 3 rings (SSSR count). The molecule has 1 aliphatic heterocycles. The fourth-order valence-corrected chi connectivity index (χ4v) is 2.17. The van der Waals surface area contributed by atoms with Crippen molar-refractivity contribution in [3.8, 4) is 0 Å². The number of benzene rings is 2. The van der Waals surface area contributed by atoms with Crippen molar-refractivity contribution in [3.05, 3.63) is 76.7 Å². The fourth-order valence-electron chi connectivity index (χ4n) is 2.17. The summed E-state index contributed by atoms with van der Waals surface area (Å²) in [5, 5.41) is 2.72. The molecule has 0 radical (unpaired) electrons. The topological polar surface area (TPSA) is 41.5 Å². The van der Waals surface area contributed by atoms with E-state index in [1.807, 2.05) is 31.2 Å². The molecular formula is C17H13FN2O. The van der Waals surface area contributed by atoms with Crippen LogP contribution in [0, 0.1) is 12.7 Å². The number of aryl methyl sites for hydroxylation is 1. The van der Waals surface area contributed by atoms with Gasteiger partial charge in [-0.2, -0.15) is 0 Å². The van der Waals surface area contributed by atoms with Gasteiger partial charge in [-0.05, 0) is 24.6 Å². The molecule has 0 aromatic heterocycles. The van der Waals surface area contributed by atoms with Crippen LogP contribution in [-0.2, 0) is 4.79 Å². The van der Waals surface area contributed by atoms with Crippen LogP contribution in [0.15, 0.2) is 59.2 Å². The number of hydrogen-bond acceptors (Lipinski definition) is 2. The number of aliphatic imine (C=N–C) groups is 1. The first-order valence-corrected chi connectivity index (χ1v) is 6.57. The lowest BCUT2D eigenvalue weighted by Gasteiger charge is -2.03. The summed E-state index contributed by atoms with van der Waals surface area (Å²) in [7, 11) is 0. The summed E-state index contributed by atoms with van der Waals surface area (Å²) in [6, 6.07) is 13.9. The van der Waals surface area contributed by atoms with E-state index in [1.165, 1.54) is 12.1 Å². The van der Waals surface area contributed by atoms with Crippen LogP contribution in [0.25, 0.3) is 6.08 Å². The van der Waals surface area contributed by atoms with Crippen LogP contribution in [0.1, 0.15) is 16.7 Å². The highest BCUT2D eigenvalue weighted by Crippen LogP contribution is 2.18. The van der Waals surface area contributed by atoms with Crippen molar-refractivity contribution in [2.24, 2.45) is 4.99 Å². The van der Waals surface area contributed by atoms with Crippen molar-refractivity contribution in [1.29, 1.82) is 0 Å². The second-order valence-corrected chi connectivity index (χ2v) is 4.78. The van der Waals surface area contributed by atoms with Crippen LogP contribution in [0.5, 0.6) is 0 Å². The number of rotatable bonds is 2. The summed E-state index contributed by atoms with van der Waals surface area (Å²) in [4.78, 5) is 16.3. The van der Waals surface area contributed by atoms with Crippen LogP contribution in [0.2, 0.25) is 0 Å². The first-order valence-electron chi connectivity index (χ1n) is 6.57. The van der Waals surface area contributed by atoms with Crippen molar-refractivity contribution in [1.82, 2.24) is 5.32 Å². The minimum absolute atomic E-state index is 0.207. The van der Waals surface area contributed by atoms with Crippen molar-refractivity contribution >= 4 is 17.8 Å². The van der Waals surface area contributed by atoms with Gasteiger partial charge in [-0.3, -0.25) is 4.79 Å². The molecule has 0 fully saturated rings. The maximum atomic E-state index is 13.6. The lowest BCUT2D eigenvalue weighted by Crippen LogP contribution is -2.25. The van der Waals surface area contributed by atoms with E-state index >= 15 is 0 Å². The van der Waals surface area contributed by atoms with Crippen molar-refractivity contribution in [2.75, 3.05) is 0 Å². The third kappa shape index (κ3) is 2.60. The first-order chi connectivity index (χ1) is 10.1. The summed E-state index contributed by atoms with van der Waals surface area (Å²) in [5.74, 6) is -0.200. The van der Waals surface area contributed by atoms with Gasteiger partial charge in [0.15, 0.2) is 0 Å². The molecule has 1 N–H and O–H groups in total. The van der Waals surface area contributed by atoms with Gasteiger partial charge in [-0.15, -0.1) is 0 Å². The SMILES string of the molecule is Cc1ccccc1C1=N/C(=C\c2ccccc2F)C(=O)N1. The van der Waals surface area contributed by atoms with E-state index in [4.69, 9.17) is 0 Å². The third-order valence-corrected chi connectivity index (χ3v) is 3.29. The van der Waals surface area contributed by atoms with Gasteiger partial charge in [0, 0.05) is 11.1 Å². The Labute approximate surface area is 121 Å². The van der Waals surface area contributed by atoms with Gasteiger partial charge in [0.1, 0.15) is 17.3 Å². The Kier molecular flexibility index (Phi) is 3.36. The second-order valence-electron chi connectivity index (χ2n) is 4.78. The van der Waals surface area contributed by atoms with E-state index in [-0.39, 0.29) is 17.4 Å². The van der Waals surface area contributed by atoms with Crippen molar-refractivity contribution < 1.29 is 9.18 Å². The van der Waals surface area contributed by atoms with E-state index in [0.717, 1.165) is 11.1 Å². The first kappa shape index (κ1) is 13.2. The average Bonchev–Trinajstić information content (AvgIpc) is 2.83. The van der Waals surface area contributed by atoms with Gasteiger partial charge >= 0.3 is 0 Å². The minimum atomic E-state index is -0.377. The van der Waals surface area contributed by atoms with Gasteiger partial charge in [0.2, 0.25) is 0 Å². The quantitative estimate of drug-likeness (QED) is 0.844. The monoisotopic (exact) mass is 280 g/mol. The highest BCUT2D eigenvalue weighted by Gasteiger charge is 2.22. The number of nitrogens with zero attached hydrogens (tertiary/aromatic N) is 1. The molecule has 2 aromatic carbocycles. The Morgan fingerprint density at radius 1 is 1.10 bits per heavy atom. The fraction of sp³-hybridized carbons (Fsp3) is 0.0588. The molecule has 0 bridgehead atoms. The Balaban J connectivity index is 2.00. The maximum Gasteiger partial charge on any atom is 0.275 e. The highest BCUT2D eigenvalue weighted by atomic mass is 19.1. The molecule has 1 aliphatic rings. The zero-order valence-corrected chi connectivity index (χ0v) is 11.4. The van der Waals surface area contributed by atoms with Gasteiger partial charge in [0.05, 0.1) is 0 Å².